The van der Waals surface area contributed by atoms with Crippen molar-refractivity contribution in [2.75, 3.05) is 18.1 Å². The Hall–Kier alpha value is -1.83. The zero-order valence-electron chi connectivity index (χ0n) is 10.6. The van der Waals surface area contributed by atoms with Crippen molar-refractivity contribution in [2.24, 2.45) is 0 Å². The molecule has 1 aromatic rings. The Morgan fingerprint density at radius 3 is 2.89 bits per heavy atom. The number of aromatic carboxylic acids is 1. The molecule has 1 unspecified atom stereocenters. The average Bonchev–Trinajstić information content (AvgIpc) is 2.38. The van der Waals surface area contributed by atoms with E-state index in [9.17, 15) is 14.9 Å². The van der Waals surface area contributed by atoms with Crippen LogP contribution in [0.5, 0.6) is 0 Å². The Morgan fingerprint density at radius 2 is 2.37 bits per heavy atom. The number of anilines is 1. The van der Waals surface area contributed by atoms with Crippen LogP contribution in [0.15, 0.2) is 12.3 Å². The smallest absolute Gasteiger partial charge is 0.342 e. The summed E-state index contributed by atoms with van der Waals surface area (Å²) >= 11 is 1.73. The fourth-order valence-electron chi connectivity index (χ4n) is 1.38. The number of carboxylic acids is 1. The number of carboxylic acid groups (broad SMARTS) is 1. The summed E-state index contributed by atoms with van der Waals surface area (Å²) in [6.07, 6.45) is 3.86. The van der Waals surface area contributed by atoms with Crippen molar-refractivity contribution in [3.63, 3.8) is 0 Å². The molecule has 0 saturated heterocycles. The number of rotatable bonds is 7. The fourth-order valence-corrected chi connectivity index (χ4v) is 1.74. The standard InChI is InChI=1S/C11H15N3O4S/c1-7(19-2)3-4-12-10-5-8(11(15)16)9(6-13-10)14(17)18/h5-7H,3-4H2,1-2H3,(H,12,13)(H,15,16). The zero-order valence-corrected chi connectivity index (χ0v) is 11.4. The van der Waals surface area contributed by atoms with Crippen LogP contribution >= 0.6 is 11.8 Å². The van der Waals surface area contributed by atoms with Crippen molar-refractivity contribution in [3.8, 4) is 0 Å². The summed E-state index contributed by atoms with van der Waals surface area (Å²) in [4.78, 5) is 24.7. The van der Waals surface area contributed by atoms with Gasteiger partial charge in [-0.2, -0.15) is 11.8 Å². The van der Waals surface area contributed by atoms with Crippen molar-refractivity contribution >= 4 is 29.2 Å². The van der Waals surface area contributed by atoms with Gasteiger partial charge in [-0.1, -0.05) is 6.92 Å². The number of nitrogens with one attached hydrogen (secondary N) is 1. The molecule has 0 radical (unpaired) electrons. The van der Waals surface area contributed by atoms with Crippen LogP contribution < -0.4 is 5.32 Å². The minimum atomic E-state index is -1.34. The zero-order chi connectivity index (χ0) is 14.4. The second kappa shape index (κ2) is 6.93. The summed E-state index contributed by atoms with van der Waals surface area (Å²) < 4.78 is 0. The summed E-state index contributed by atoms with van der Waals surface area (Å²) in [5, 5.41) is 23.0. The molecule has 104 valence electrons. The molecule has 0 aliphatic rings. The van der Waals surface area contributed by atoms with Crippen LogP contribution in [0.25, 0.3) is 0 Å². The van der Waals surface area contributed by atoms with Crippen LogP contribution in [0.1, 0.15) is 23.7 Å². The van der Waals surface area contributed by atoms with Crippen molar-refractivity contribution in [1.82, 2.24) is 4.98 Å². The van der Waals surface area contributed by atoms with Gasteiger partial charge in [0, 0.05) is 17.9 Å². The van der Waals surface area contributed by atoms with Gasteiger partial charge in [-0.15, -0.1) is 0 Å². The summed E-state index contributed by atoms with van der Waals surface area (Å²) in [6.45, 7) is 2.71. The van der Waals surface area contributed by atoms with Gasteiger partial charge in [0.25, 0.3) is 0 Å². The Balaban J connectivity index is 2.79. The maximum Gasteiger partial charge on any atom is 0.342 e. The number of aromatic nitrogens is 1. The van der Waals surface area contributed by atoms with E-state index in [2.05, 4.69) is 17.2 Å². The molecule has 1 rings (SSSR count). The molecular formula is C11H15N3O4S. The Morgan fingerprint density at radius 1 is 1.68 bits per heavy atom. The number of pyridine rings is 1. The predicted molar refractivity (Wildman–Crippen MR) is 73.9 cm³/mol. The fraction of sp³-hybridized carbons (Fsp3) is 0.455. The second-order valence-corrected chi connectivity index (χ2v) is 5.19. The molecule has 0 aliphatic carbocycles. The van der Waals surface area contributed by atoms with E-state index in [0.717, 1.165) is 12.6 Å². The summed E-state index contributed by atoms with van der Waals surface area (Å²) in [7, 11) is 0. The van der Waals surface area contributed by atoms with E-state index in [1.165, 1.54) is 6.07 Å². The van der Waals surface area contributed by atoms with Gasteiger partial charge in [0.15, 0.2) is 0 Å². The highest BCUT2D eigenvalue weighted by molar-refractivity contribution is 7.99. The molecule has 0 aliphatic heterocycles. The van der Waals surface area contributed by atoms with E-state index in [-0.39, 0.29) is 5.56 Å². The summed E-state index contributed by atoms with van der Waals surface area (Å²) in [5.41, 5.74) is -0.865. The van der Waals surface area contributed by atoms with E-state index in [4.69, 9.17) is 5.11 Å². The number of thioether (sulfide) groups is 1. The van der Waals surface area contributed by atoms with Gasteiger partial charge < -0.3 is 10.4 Å². The number of hydrogen-bond acceptors (Lipinski definition) is 6. The molecule has 0 aromatic carbocycles. The monoisotopic (exact) mass is 285 g/mol. The molecule has 1 atom stereocenters. The van der Waals surface area contributed by atoms with Gasteiger partial charge in [-0.25, -0.2) is 9.78 Å². The lowest BCUT2D eigenvalue weighted by molar-refractivity contribution is -0.385. The third-order valence-corrected chi connectivity index (χ3v) is 3.61. The van der Waals surface area contributed by atoms with Gasteiger partial charge in [0.05, 0.1) is 4.92 Å². The average molecular weight is 285 g/mol. The molecule has 2 N–H and O–H groups in total. The second-order valence-electron chi connectivity index (χ2n) is 3.91. The van der Waals surface area contributed by atoms with Crippen LogP contribution in [0.3, 0.4) is 0 Å². The van der Waals surface area contributed by atoms with E-state index in [1.807, 2.05) is 6.26 Å². The molecule has 0 saturated carbocycles. The number of nitrogens with zero attached hydrogens (tertiary/aromatic N) is 2. The van der Waals surface area contributed by atoms with E-state index < -0.39 is 16.6 Å². The van der Waals surface area contributed by atoms with Gasteiger partial charge in [0.2, 0.25) is 0 Å². The lowest BCUT2D eigenvalue weighted by Crippen LogP contribution is -2.10. The van der Waals surface area contributed by atoms with Crippen LogP contribution in [-0.4, -0.2) is 39.0 Å². The Kier molecular flexibility index (Phi) is 5.56. The van der Waals surface area contributed by atoms with E-state index in [0.29, 0.717) is 17.6 Å². The van der Waals surface area contributed by atoms with Gasteiger partial charge >= 0.3 is 11.7 Å². The third kappa shape index (κ3) is 4.40. The van der Waals surface area contributed by atoms with Crippen LogP contribution in [0.4, 0.5) is 11.5 Å². The molecule has 0 amide bonds. The lowest BCUT2D eigenvalue weighted by atomic mass is 10.2. The molecule has 8 heteroatoms. The van der Waals surface area contributed by atoms with Gasteiger partial charge in [-0.3, -0.25) is 10.1 Å². The molecule has 1 aromatic heterocycles. The van der Waals surface area contributed by atoms with Crippen molar-refractivity contribution in [1.29, 1.82) is 0 Å². The number of hydrogen-bond donors (Lipinski definition) is 2. The predicted octanol–water partition coefficient (Wildman–Crippen LogP) is 2.24. The molecule has 0 spiro atoms. The van der Waals surface area contributed by atoms with E-state index in [1.54, 1.807) is 11.8 Å². The van der Waals surface area contributed by atoms with E-state index >= 15 is 0 Å². The highest BCUT2D eigenvalue weighted by Gasteiger charge is 2.20. The first kappa shape index (κ1) is 15.2. The van der Waals surface area contributed by atoms with Crippen LogP contribution in [0.2, 0.25) is 0 Å². The van der Waals surface area contributed by atoms with Gasteiger partial charge in [-0.05, 0) is 12.7 Å². The van der Waals surface area contributed by atoms with Crippen molar-refractivity contribution < 1.29 is 14.8 Å². The largest absolute Gasteiger partial charge is 0.477 e. The summed E-state index contributed by atoms with van der Waals surface area (Å²) in [6, 6.07) is 1.18. The highest BCUT2D eigenvalue weighted by Crippen LogP contribution is 2.20. The quantitative estimate of drug-likeness (QED) is 0.584. The van der Waals surface area contributed by atoms with Crippen molar-refractivity contribution in [2.45, 2.75) is 18.6 Å². The normalized spacial score (nSPS) is 11.9. The number of nitro groups is 1. The molecular weight excluding hydrogens is 270 g/mol. The third-order valence-electron chi connectivity index (χ3n) is 2.57. The molecule has 7 nitrogen and oxygen atoms in total. The molecule has 0 bridgehead atoms. The SMILES string of the molecule is CSC(C)CCNc1cc(C(=O)O)c([N+](=O)[O-])cn1. The maximum absolute atomic E-state index is 10.9. The molecule has 1 heterocycles. The first-order valence-corrected chi connectivity index (χ1v) is 6.89. The van der Waals surface area contributed by atoms with Crippen molar-refractivity contribution in [3.05, 3.63) is 27.9 Å². The minimum Gasteiger partial charge on any atom is -0.477 e. The number of carbonyl (C=O) groups is 1. The highest BCUT2D eigenvalue weighted by atomic mass is 32.2. The minimum absolute atomic E-state index is 0.330. The Bertz CT molecular complexity index is 481. The van der Waals surface area contributed by atoms with Gasteiger partial charge in [0.1, 0.15) is 17.6 Å². The van der Waals surface area contributed by atoms with Crippen LogP contribution in [-0.2, 0) is 0 Å². The first-order valence-electron chi connectivity index (χ1n) is 5.60. The lowest BCUT2D eigenvalue weighted by Gasteiger charge is -2.09. The topological polar surface area (TPSA) is 105 Å². The Labute approximate surface area is 114 Å². The summed E-state index contributed by atoms with van der Waals surface area (Å²) in [5.74, 6) is -1.01. The molecule has 0 fully saturated rings. The molecule has 19 heavy (non-hydrogen) atoms. The first-order chi connectivity index (χ1) is 8.95. The van der Waals surface area contributed by atoms with Crippen LogP contribution in [0, 0.1) is 10.1 Å². The maximum atomic E-state index is 10.9.